The average Bonchev–Trinajstić information content (AvgIpc) is 3.91. The summed E-state index contributed by atoms with van der Waals surface area (Å²) in [7, 11) is 1.42. The Labute approximate surface area is 381 Å². The monoisotopic (exact) mass is 871 g/mol. The molecule has 3 aromatic heterocycles. The second-order valence-electron chi connectivity index (χ2n) is 16.0. The van der Waals surface area contributed by atoms with Crippen LogP contribution in [0, 0.1) is 6.92 Å². The van der Waals surface area contributed by atoms with E-state index in [2.05, 4.69) is 80.4 Å². The molecule has 11 heteroatoms. The lowest BCUT2D eigenvalue weighted by molar-refractivity contribution is -0.147. The highest BCUT2D eigenvalue weighted by Gasteiger charge is 2.17. The maximum atomic E-state index is 11.6. The number of para-hydroxylation sites is 2. The number of pyridine rings is 1. The van der Waals surface area contributed by atoms with E-state index in [1.165, 1.54) is 12.7 Å². The van der Waals surface area contributed by atoms with E-state index in [4.69, 9.17) is 24.2 Å². The standard InChI is InChI=1S/C29H32N2O3.C25H25N3O3/c1-21(2)34-28(32)12-8-5-9-19-33-25-17-18-26-27(20-25)31(24-10-6-4-7-11-24)29(30-26)23-15-13-22(3)14-16-23;1-30-24(29)10-6-3-7-17-31-21-11-12-22-23(18-21)28(20-8-4-2-5-9-20)25(27-22)19-13-15-26-16-14-19/h4,6-7,10-11,13-18,20-21H,5,8-9,12,19H2,1-3H3;2,4-5,8-9,11-16,18H,3,6-7,10,17H2,1H3. The molecule has 0 saturated carbocycles. The molecule has 0 bridgehead atoms. The van der Waals surface area contributed by atoms with Crippen LogP contribution in [-0.2, 0) is 19.1 Å². The highest BCUT2D eigenvalue weighted by atomic mass is 16.5. The number of carbonyl (C=O) groups is 2. The van der Waals surface area contributed by atoms with Crippen molar-refractivity contribution in [2.24, 2.45) is 0 Å². The van der Waals surface area contributed by atoms with Crippen LogP contribution in [0.2, 0.25) is 0 Å². The van der Waals surface area contributed by atoms with Gasteiger partial charge in [-0.05, 0) is 120 Å². The normalized spacial score (nSPS) is 11.0. The van der Waals surface area contributed by atoms with Gasteiger partial charge in [0, 0.05) is 59.9 Å². The van der Waals surface area contributed by atoms with Crippen molar-refractivity contribution in [1.82, 2.24) is 24.1 Å². The molecule has 0 radical (unpaired) electrons. The Hall–Kier alpha value is -7.27. The first-order valence-corrected chi connectivity index (χ1v) is 22.4. The summed E-state index contributed by atoms with van der Waals surface area (Å²) in [5, 5.41) is 0. The number of aromatic nitrogens is 5. The quantitative estimate of drug-likeness (QED) is 0.0578. The molecule has 334 valence electrons. The maximum Gasteiger partial charge on any atom is 0.306 e. The van der Waals surface area contributed by atoms with Gasteiger partial charge in [-0.15, -0.1) is 0 Å². The predicted molar refractivity (Wildman–Crippen MR) is 257 cm³/mol. The van der Waals surface area contributed by atoms with Gasteiger partial charge >= 0.3 is 11.9 Å². The van der Waals surface area contributed by atoms with Gasteiger partial charge in [-0.3, -0.25) is 23.7 Å². The number of esters is 2. The summed E-state index contributed by atoms with van der Waals surface area (Å²) < 4.78 is 26.2. The smallest absolute Gasteiger partial charge is 0.306 e. The fourth-order valence-electron chi connectivity index (χ4n) is 7.46. The topological polar surface area (TPSA) is 120 Å². The lowest BCUT2D eigenvalue weighted by atomic mass is 10.1. The van der Waals surface area contributed by atoms with Crippen molar-refractivity contribution < 1.29 is 28.5 Å². The van der Waals surface area contributed by atoms with Crippen LogP contribution in [0.15, 0.2) is 146 Å². The first kappa shape index (κ1) is 45.7. The van der Waals surface area contributed by atoms with Gasteiger partial charge in [-0.2, -0.15) is 0 Å². The Balaban J connectivity index is 0.000000195. The minimum atomic E-state index is -0.162. The molecule has 0 saturated heterocycles. The number of hydrogen-bond acceptors (Lipinski definition) is 9. The van der Waals surface area contributed by atoms with Gasteiger partial charge in [0.15, 0.2) is 0 Å². The summed E-state index contributed by atoms with van der Waals surface area (Å²) in [4.78, 5) is 36.8. The third-order valence-corrected chi connectivity index (χ3v) is 10.7. The Morgan fingerprint density at radius 1 is 0.554 bits per heavy atom. The molecular formula is C54H57N5O6. The van der Waals surface area contributed by atoms with Crippen LogP contribution in [-0.4, -0.2) is 62.5 Å². The number of rotatable bonds is 19. The summed E-state index contributed by atoms with van der Waals surface area (Å²) >= 11 is 0. The number of benzene rings is 5. The molecule has 0 atom stereocenters. The summed E-state index contributed by atoms with van der Waals surface area (Å²) in [5.74, 6) is 3.11. The molecule has 0 aliphatic heterocycles. The van der Waals surface area contributed by atoms with E-state index >= 15 is 0 Å². The van der Waals surface area contributed by atoms with Crippen LogP contribution in [0.1, 0.15) is 70.8 Å². The number of fused-ring (bicyclic) bond motifs is 2. The van der Waals surface area contributed by atoms with Crippen molar-refractivity contribution >= 4 is 34.0 Å². The molecule has 8 aromatic rings. The van der Waals surface area contributed by atoms with E-state index in [1.54, 1.807) is 12.4 Å². The van der Waals surface area contributed by atoms with Gasteiger partial charge in [-0.1, -0.05) is 66.2 Å². The van der Waals surface area contributed by atoms with Crippen molar-refractivity contribution in [3.05, 3.63) is 151 Å². The van der Waals surface area contributed by atoms with Gasteiger partial charge in [0.2, 0.25) is 0 Å². The minimum absolute atomic E-state index is 0.0541. The number of carbonyl (C=O) groups excluding carboxylic acids is 2. The van der Waals surface area contributed by atoms with Gasteiger partial charge in [0.05, 0.1) is 48.5 Å². The van der Waals surface area contributed by atoms with Crippen molar-refractivity contribution in [2.45, 2.75) is 78.2 Å². The van der Waals surface area contributed by atoms with E-state index in [0.717, 1.165) is 106 Å². The van der Waals surface area contributed by atoms with Crippen LogP contribution in [0.5, 0.6) is 11.5 Å². The lowest BCUT2D eigenvalue weighted by Gasteiger charge is -2.11. The van der Waals surface area contributed by atoms with Crippen molar-refractivity contribution in [1.29, 1.82) is 0 Å². The van der Waals surface area contributed by atoms with E-state index in [9.17, 15) is 9.59 Å². The van der Waals surface area contributed by atoms with E-state index < -0.39 is 0 Å². The van der Waals surface area contributed by atoms with Crippen LogP contribution < -0.4 is 9.47 Å². The van der Waals surface area contributed by atoms with Gasteiger partial charge in [0.1, 0.15) is 23.1 Å². The molecule has 11 nitrogen and oxygen atoms in total. The molecule has 0 aliphatic rings. The molecule has 5 aromatic carbocycles. The van der Waals surface area contributed by atoms with Crippen LogP contribution >= 0.6 is 0 Å². The van der Waals surface area contributed by atoms with E-state index in [-0.39, 0.29) is 18.0 Å². The molecule has 0 spiro atoms. The Morgan fingerprint density at radius 2 is 1.03 bits per heavy atom. The number of aryl methyl sites for hydroxylation is 1. The number of imidazole rings is 2. The molecule has 0 unspecified atom stereocenters. The molecular weight excluding hydrogens is 815 g/mol. The molecule has 0 fully saturated rings. The Bertz CT molecular complexity index is 2750. The van der Waals surface area contributed by atoms with Crippen molar-refractivity contribution in [3.8, 4) is 45.6 Å². The molecule has 0 aliphatic carbocycles. The van der Waals surface area contributed by atoms with Gasteiger partial charge < -0.3 is 18.9 Å². The first-order chi connectivity index (χ1) is 31.8. The highest BCUT2D eigenvalue weighted by molar-refractivity contribution is 5.85. The van der Waals surface area contributed by atoms with Gasteiger partial charge in [0.25, 0.3) is 0 Å². The SMILES string of the molecule is COC(=O)CCCCCOc1ccc2nc(-c3ccncc3)n(-c3ccccc3)c2c1.Cc1ccc(-c2nc3ccc(OCCCCCC(=O)OC(C)C)cc3n2-c2ccccc2)cc1. The number of hydrogen-bond donors (Lipinski definition) is 0. The fraction of sp³-hybridized carbons (Fsp3) is 0.278. The predicted octanol–water partition coefficient (Wildman–Crippen LogP) is 12.1. The van der Waals surface area contributed by atoms with Crippen LogP contribution in [0.3, 0.4) is 0 Å². The zero-order chi connectivity index (χ0) is 45.4. The third kappa shape index (κ3) is 12.5. The second kappa shape index (κ2) is 22.9. The van der Waals surface area contributed by atoms with Crippen molar-refractivity contribution in [3.63, 3.8) is 0 Å². The number of unbranched alkanes of at least 4 members (excludes halogenated alkanes) is 4. The first-order valence-electron chi connectivity index (χ1n) is 22.4. The van der Waals surface area contributed by atoms with E-state index in [1.807, 2.05) is 92.7 Å². The zero-order valence-corrected chi connectivity index (χ0v) is 37.7. The number of ether oxygens (including phenoxy) is 4. The van der Waals surface area contributed by atoms with Crippen LogP contribution in [0.4, 0.5) is 0 Å². The third-order valence-electron chi connectivity index (χ3n) is 10.7. The summed E-state index contributed by atoms with van der Waals surface area (Å²) in [5.41, 5.74) is 9.22. The largest absolute Gasteiger partial charge is 0.494 e. The molecule has 8 rings (SSSR count). The molecule has 0 N–H and O–H groups in total. The molecule has 0 amide bonds. The van der Waals surface area contributed by atoms with Crippen molar-refractivity contribution in [2.75, 3.05) is 20.3 Å². The number of methoxy groups -OCH3 is 1. The minimum Gasteiger partial charge on any atom is -0.494 e. The summed E-state index contributed by atoms with van der Waals surface area (Å²) in [6.45, 7) is 7.04. The summed E-state index contributed by atoms with van der Waals surface area (Å²) in [6, 6.07) is 44.9. The molecule has 3 heterocycles. The van der Waals surface area contributed by atoms with Crippen LogP contribution in [0.25, 0.3) is 56.2 Å². The lowest BCUT2D eigenvalue weighted by Crippen LogP contribution is -2.11. The Kier molecular flexibility index (Phi) is 16.1. The Morgan fingerprint density at radius 3 is 1.51 bits per heavy atom. The maximum absolute atomic E-state index is 11.6. The van der Waals surface area contributed by atoms with Gasteiger partial charge in [-0.25, -0.2) is 9.97 Å². The zero-order valence-electron chi connectivity index (χ0n) is 37.7. The molecule has 65 heavy (non-hydrogen) atoms. The highest BCUT2D eigenvalue weighted by Crippen LogP contribution is 2.33. The summed E-state index contributed by atoms with van der Waals surface area (Å²) in [6.07, 6.45) is 9.66. The average molecular weight is 872 g/mol. The van der Waals surface area contributed by atoms with E-state index in [0.29, 0.717) is 26.1 Å². The second-order valence-corrected chi connectivity index (χ2v) is 16.0. The fourth-order valence-corrected chi connectivity index (χ4v) is 7.46. The number of nitrogens with zero attached hydrogens (tertiary/aromatic N) is 5.